The van der Waals surface area contributed by atoms with Crippen LogP contribution in [-0.2, 0) is 11.3 Å². The Morgan fingerprint density at radius 3 is 2.45 bits per heavy atom. The monoisotopic (exact) mass is 414 g/mol. The van der Waals surface area contributed by atoms with Crippen LogP contribution in [0.4, 0.5) is 11.4 Å². The summed E-state index contributed by atoms with van der Waals surface area (Å²) in [5.41, 5.74) is 2.92. The van der Waals surface area contributed by atoms with Crippen LogP contribution in [0.15, 0.2) is 59.4 Å². The molecular weight excluding hydrogens is 392 g/mol. The fourth-order valence-corrected chi connectivity index (χ4v) is 3.30. The highest BCUT2D eigenvalue weighted by Crippen LogP contribution is 2.18. The van der Waals surface area contributed by atoms with E-state index in [9.17, 15) is 19.6 Å². The Hall–Kier alpha value is -4.18. The van der Waals surface area contributed by atoms with E-state index in [1.54, 1.807) is 50.2 Å². The van der Waals surface area contributed by atoms with Gasteiger partial charge in [-0.1, -0.05) is 24.3 Å². The number of nitrogens with one attached hydrogen (secondary N) is 2. The lowest BCUT2D eigenvalue weighted by Crippen LogP contribution is -2.31. The van der Waals surface area contributed by atoms with Gasteiger partial charge in [0.25, 0.3) is 11.5 Å². The van der Waals surface area contributed by atoms with E-state index in [0.717, 1.165) is 5.56 Å². The zero-order valence-corrected chi connectivity index (χ0v) is 17.5. The van der Waals surface area contributed by atoms with Crippen LogP contribution in [0, 0.1) is 32.1 Å². The van der Waals surface area contributed by atoms with Gasteiger partial charge in [0, 0.05) is 11.4 Å². The smallest absolute Gasteiger partial charge is 0.269 e. The van der Waals surface area contributed by atoms with Gasteiger partial charge in [-0.15, -0.1) is 0 Å². The van der Waals surface area contributed by atoms with E-state index < -0.39 is 11.5 Å². The third-order valence-corrected chi connectivity index (χ3v) is 4.84. The van der Waals surface area contributed by atoms with Gasteiger partial charge >= 0.3 is 0 Å². The van der Waals surface area contributed by atoms with E-state index >= 15 is 0 Å². The minimum absolute atomic E-state index is 0.0105. The van der Waals surface area contributed by atoms with Crippen LogP contribution in [0.3, 0.4) is 0 Å². The number of anilines is 2. The summed E-state index contributed by atoms with van der Waals surface area (Å²) in [6.07, 6.45) is 0. The van der Waals surface area contributed by atoms with E-state index in [1.807, 2.05) is 31.2 Å². The molecular formula is C24H22N4O3. The van der Waals surface area contributed by atoms with Crippen LogP contribution in [0.5, 0.6) is 0 Å². The number of nitrogens with zero attached hydrogens (tertiary/aromatic N) is 2. The Labute approximate surface area is 180 Å². The minimum Gasteiger partial charge on any atom is -0.324 e. The van der Waals surface area contributed by atoms with Gasteiger partial charge in [0.2, 0.25) is 5.91 Å². The topological polar surface area (TPSA) is 104 Å². The number of carbonyl (C=O) groups is 2. The first-order valence-corrected chi connectivity index (χ1v) is 9.68. The molecule has 0 atom stereocenters. The van der Waals surface area contributed by atoms with Crippen molar-refractivity contribution in [2.24, 2.45) is 0 Å². The van der Waals surface area contributed by atoms with Gasteiger partial charge in [-0.3, -0.25) is 14.4 Å². The second-order valence-corrected chi connectivity index (χ2v) is 7.26. The highest BCUT2D eigenvalue weighted by Gasteiger charge is 2.16. The fraction of sp³-hybridized carbons (Fsp3) is 0.167. The predicted octanol–water partition coefficient (Wildman–Crippen LogP) is 3.54. The molecule has 0 radical (unpaired) electrons. The number of carbonyl (C=O) groups excluding carboxylic acids is 2. The summed E-state index contributed by atoms with van der Waals surface area (Å²) < 4.78 is 1.25. The van der Waals surface area contributed by atoms with Crippen LogP contribution >= 0.6 is 0 Å². The third kappa shape index (κ3) is 4.87. The number of para-hydroxylation sites is 1. The van der Waals surface area contributed by atoms with E-state index in [4.69, 9.17) is 0 Å². The molecule has 1 aromatic heterocycles. The van der Waals surface area contributed by atoms with Crippen molar-refractivity contribution < 1.29 is 9.59 Å². The van der Waals surface area contributed by atoms with Crippen molar-refractivity contribution in [3.8, 4) is 6.07 Å². The molecule has 0 aliphatic heterocycles. The zero-order chi connectivity index (χ0) is 22.5. The van der Waals surface area contributed by atoms with Crippen molar-refractivity contribution in [3.63, 3.8) is 0 Å². The molecule has 0 aliphatic carbocycles. The summed E-state index contributed by atoms with van der Waals surface area (Å²) in [4.78, 5) is 38.0. The van der Waals surface area contributed by atoms with Crippen molar-refractivity contribution in [1.82, 2.24) is 4.57 Å². The molecule has 0 aliphatic rings. The number of hydrogen-bond acceptors (Lipinski definition) is 4. The van der Waals surface area contributed by atoms with Crippen molar-refractivity contribution in [2.45, 2.75) is 27.3 Å². The molecule has 1 heterocycles. The molecule has 3 rings (SSSR count). The Morgan fingerprint density at radius 2 is 1.74 bits per heavy atom. The van der Waals surface area contributed by atoms with Crippen LogP contribution in [-0.4, -0.2) is 16.4 Å². The molecule has 0 saturated heterocycles. The van der Waals surface area contributed by atoms with Crippen LogP contribution in [0.2, 0.25) is 0 Å². The molecule has 0 saturated carbocycles. The molecule has 7 nitrogen and oxygen atoms in total. The maximum absolute atomic E-state index is 12.8. The molecule has 0 bridgehead atoms. The normalized spacial score (nSPS) is 10.3. The number of rotatable bonds is 5. The first-order chi connectivity index (χ1) is 14.8. The molecule has 156 valence electrons. The molecule has 31 heavy (non-hydrogen) atoms. The second kappa shape index (κ2) is 9.09. The summed E-state index contributed by atoms with van der Waals surface area (Å²) in [6.45, 7) is 5.04. The average Bonchev–Trinajstić information content (AvgIpc) is 2.71. The van der Waals surface area contributed by atoms with Crippen LogP contribution in [0.25, 0.3) is 0 Å². The predicted molar refractivity (Wildman–Crippen MR) is 119 cm³/mol. The third-order valence-electron chi connectivity index (χ3n) is 4.84. The lowest BCUT2D eigenvalue weighted by molar-refractivity contribution is -0.116. The highest BCUT2D eigenvalue weighted by molar-refractivity contribution is 6.10. The minimum atomic E-state index is -0.513. The Morgan fingerprint density at radius 1 is 1.00 bits per heavy atom. The second-order valence-electron chi connectivity index (χ2n) is 7.26. The van der Waals surface area contributed by atoms with Gasteiger partial charge in [-0.05, 0) is 62.2 Å². The number of hydrogen-bond donors (Lipinski definition) is 2. The quantitative estimate of drug-likeness (QED) is 0.666. The van der Waals surface area contributed by atoms with Gasteiger partial charge in [-0.25, -0.2) is 0 Å². The number of amides is 2. The average molecular weight is 414 g/mol. The zero-order valence-electron chi connectivity index (χ0n) is 17.5. The lowest BCUT2D eigenvalue weighted by atomic mass is 10.1. The van der Waals surface area contributed by atoms with E-state index in [0.29, 0.717) is 28.2 Å². The number of benzene rings is 2. The molecule has 2 amide bonds. The van der Waals surface area contributed by atoms with Gasteiger partial charge in [0.05, 0.1) is 11.3 Å². The van der Waals surface area contributed by atoms with E-state index in [1.165, 1.54) is 4.57 Å². The molecule has 0 fully saturated rings. The molecule has 0 unspecified atom stereocenters. The first kappa shape index (κ1) is 21.5. The molecule has 0 spiro atoms. The summed E-state index contributed by atoms with van der Waals surface area (Å²) >= 11 is 0. The largest absolute Gasteiger partial charge is 0.324 e. The van der Waals surface area contributed by atoms with Gasteiger partial charge in [-0.2, -0.15) is 5.26 Å². The summed E-state index contributed by atoms with van der Waals surface area (Å²) in [5, 5.41) is 14.7. The summed E-state index contributed by atoms with van der Waals surface area (Å²) in [7, 11) is 0. The lowest BCUT2D eigenvalue weighted by Gasteiger charge is -2.14. The Kier molecular flexibility index (Phi) is 6.32. The van der Waals surface area contributed by atoms with Gasteiger partial charge in [0.1, 0.15) is 18.2 Å². The Balaban J connectivity index is 1.82. The summed E-state index contributed by atoms with van der Waals surface area (Å²) in [5.74, 6) is -0.842. The fourth-order valence-electron chi connectivity index (χ4n) is 3.30. The van der Waals surface area contributed by atoms with Crippen LogP contribution in [0.1, 0.15) is 32.7 Å². The first-order valence-electron chi connectivity index (χ1n) is 9.68. The van der Waals surface area contributed by atoms with Crippen molar-refractivity contribution in [3.05, 3.63) is 92.9 Å². The molecule has 2 N–H and O–H groups in total. The molecule has 7 heteroatoms. The standard InChI is InChI=1S/C24H22N4O3/c1-15-7-6-8-18(11-15)26-23(30)19-9-4-5-10-21(19)27-22(29)14-28-17(3)12-16(2)20(13-25)24(28)31/h4-12H,14H2,1-3H3,(H,26,30)(H,27,29). The van der Waals surface area contributed by atoms with Gasteiger partial charge in [0.15, 0.2) is 0 Å². The molecule has 3 aromatic rings. The number of aryl methyl sites for hydroxylation is 3. The van der Waals surface area contributed by atoms with Crippen molar-refractivity contribution in [1.29, 1.82) is 5.26 Å². The van der Waals surface area contributed by atoms with Gasteiger partial charge < -0.3 is 15.2 Å². The van der Waals surface area contributed by atoms with Crippen molar-refractivity contribution in [2.75, 3.05) is 10.6 Å². The van der Waals surface area contributed by atoms with Crippen LogP contribution < -0.4 is 16.2 Å². The van der Waals surface area contributed by atoms with E-state index in [2.05, 4.69) is 10.6 Å². The number of aromatic nitrogens is 1. The highest BCUT2D eigenvalue weighted by atomic mass is 16.2. The summed E-state index contributed by atoms with van der Waals surface area (Å²) in [6, 6.07) is 17.6. The maximum atomic E-state index is 12.8. The molecule has 2 aromatic carbocycles. The number of nitriles is 1. The van der Waals surface area contributed by atoms with E-state index in [-0.39, 0.29) is 18.0 Å². The maximum Gasteiger partial charge on any atom is 0.269 e. The van der Waals surface area contributed by atoms with Crippen molar-refractivity contribution >= 4 is 23.2 Å². The SMILES string of the molecule is Cc1cccc(NC(=O)c2ccccc2NC(=O)Cn2c(C)cc(C)c(C#N)c2=O)c1. The number of pyridine rings is 1. The Bertz CT molecular complexity index is 1270.